The number of ether oxygens (including phenoxy) is 1. The molecule has 0 saturated carbocycles. The number of rotatable bonds is 11. The van der Waals surface area contributed by atoms with Gasteiger partial charge in [-0.3, -0.25) is 9.59 Å². The molecular weight excluding hydrogens is 506 g/mol. The van der Waals surface area contributed by atoms with E-state index in [9.17, 15) is 9.59 Å². The average molecular weight is 538 g/mol. The van der Waals surface area contributed by atoms with Crippen LogP contribution in [0.15, 0.2) is 103 Å². The van der Waals surface area contributed by atoms with E-state index in [0.29, 0.717) is 30.8 Å². The van der Waals surface area contributed by atoms with Gasteiger partial charge in [0.25, 0.3) is 5.91 Å². The van der Waals surface area contributed by atoms with E-state index in [1.807, 2.05) is 65.4 Å². The molecule has 1 amide bonds. The highest BCUT2D eigenvalue weighted by Crippen LogP contribution is 2.38. The fourth-order valence-electron chi connectivity index (χ4n) is 4.79. The van der Waals surface area contributed by atoms with E-state index in [2.05, 4.69) is 29.0 Å². The van der Waals surface area contributed by atoms with Crippen molar-refractivity contribution in [3.05, 3.63) is 126 Å². The maximum absolute atomic E-state index is 12.8. The number of nitrogens with one attached hydrogen (secondary N) is 1. The Bertz CT molecular complexity index is 1430. The summed E-state index contributed by atoms with van der Waals surface area (Å²) in [7, 11) is 0. The Morgan fingerprint density at radius 1 is 1.10 bits per heavy atom. The van der Waals surface area contributed by atoms with Crippen LogP contribution in [0.1, 0.15) is 56.4 Å². The van der Waals surface area contributed by atoms with E-state index >= 15 is 0 Å². The minimum Gasteiger partial charge on any atom is -0.484 e. The van der Waals surface area contributed by atoms with Crippen LogP contribution in [0, 0.1) is 0 Å². The van der Waals surface area contributed by atoms with Crippen molar-refractivity contribution < 1.29 is 14.3 Å². The van der Waals surface area contributed by atoms with E-state index in [-0.39, 0.29) is 17.8 Å². The summed E-state index contributed by atoms with van der Waals surface area (Å²) in [6, 6.07) is 21.6. The smallest absolute Gasteiger partial charge is 0.251 e. The minimum absolute atomic E-state index is 0.123. The summed E-state index contributed by atoms with van der Waals surface area (Å²) in [6.45, 7) is 4.68. The standard InChI is InChI=1S/C32H31N3O3S/c1-2-17-34-32(37)24-11-13-25(14-12-24)39-21-28-26-9-6-10-29(36)27(26)15-16-30(28)38-31(20-35-19-18-33-22-35)23-7-4-3-5-8-23/h2-5,7-8,11-16,18-19,22,31H,1,6,9-10,17,20-21H2,(H,34,37)/t31-/m1/s1. The number of benzene rings is 3. The Kier molecular flexibility index (Phi) is 8.58. The first-order valence-corrected chi connectivity index (χ1v) is 14.1. The zero-order valence-electron chi connectivity index (χ0n) is 21.7. The SMILES string of the molecule is C=CCNC(=O)c1ccc(SCc2c(O[C@H](Cn3ccnc3)c3ccccc3)ccc3c2CCCC3=O)cc1. The van der Waals surface area contributed by atoms with Crippen molar-refractivity contribution >= 4 is 23.5 Å². The van der Waals surface area contributed by atoms with Gasteiger partial charge in [-0.15, -0.1) is 18.3 Å². The molecule has 1 N–H and O–H groups in total. The van der Waals surface area contributed by atoms with Crippen LogP contribution < -0.4 is 10.1 Å². The molecule has 1 atom stereocenters. The number of fused-ring (bicyclic) bond motifs is 1. The fourth-order valence-corrected chi connectivity index (χ4v) is 5.75. The molecular formula is C32H31N3O3S. The second-order valence-electron chi connectivity index (χ2n) is 9.43. The number of hydrogen-bond donors (Lipinski definition) is 1. The van der Waals surface area contributed by atoms with E-state index < -0.39 is 0 Å². The zero-order chi connectivity index (χ0) is 27.0. The van der Waals surface area contributed by atoms with Crippen molar-refractivity contribution in [2.24, 2.45) is 0 Å². The van der Waals surface area contributed by atoms with Gasteiger partial charge in [0.1, 0.15) is 11.9 Å². The second kappa shape index (κ2) is 12.6. The van der Waals surface area contributed by atoms with E-state index in [4.69, 9.17) is 4.74 Å². The van der Waals surface area contributed by atoms with Gasteiger partial charge in [0.05, 0.1) is 12.9 Å². The van der Waals surface area contributed by atoms with Gasteiger partial charge in [0.15, 0.2) is 5.78 Å². The van der Waals surface area contributed by atoms with Crippen LogP contribution in [0.3, 0.4) is 0 Å². The maximum atomic E-state index is 12.8. The molecule has 3 aromatic carbocycles. The Morgan fingerprint density at radius 2 is 1.92 bits per heavy atom. The second-order valence-corrected chi connectivity index (χ2v) is 10.5. The van der Waals surface area contributed by atoms with Gasteiger partial charge in [-0.05, 0) is 60.4 Å². The molecule has 1 aliphatic carbocycles. The summed E-state index contributed by atoms with van der Waals surface area (Å²) in [5, 5.41) is 2.80. The predicted molar refractivity (Wildman–Crippen MR) is 154 cm³/mol. The Hall–Kier alpha value is -4.10. The molecule has 0 saturated heterocycles. The highest BCUT2D eigenvalue weighted by Gasteiger charge is 2.24. The summed E-state index contributed by atoms with van der Waals surface area (Å²) in [5.74, 6) is 1.52. The molecule has 1 aliphatic rings. The quantitative estimate of drug-likeness (QED) is 0.176. The van der Waals surface area contributed by atoms with E-state index in [0.717, 1.165) is 45.7 Å². The van der Waals surface area contributed by atoms with Gasteiger partial charge in [-0.2, -0.15) is 0 Å². The van der Waals surface area contributed by atoms with Crippen molar-refractivity contribution in [1.82, 2.24) is 14.9 Å². The average Bonchev–Trinajstić information content (AvgIpc) is 3.49. The zero-order valence-corrected chi connectivity index (χ0v) is 22.5. The number of aromatic nitrogens is 2. The number of nitrogens with zero attached hydrogens (tertiary/aromatic N) is 2. The topological polar surface area (TPSA) is 73.2 Å². The minimum atomic E-state index is -0.227. The molecule has 0 spiro atoms. The number of amides is 1. The lowest BCUT2D eigenvalue weighted by atomic mass is 9.87. The van der Waals surface area contributed by atoms with Crippen LogP contribution in [0.4, 0.5) is 0 Å². The van der Waals surface area contributed by atoms with Crippen LogP contribution >= 0.6 is 11.8 Å². The van der Waals surface area contributed by atoms with Gasteiger partial charge >= 0.3 is 0 Å². The summed E-state index contributed by atoms with van der Waals surface area (Å²) < 4.78 is 8.76. The van der Waals surface area contributed by atoms with Crippen LogP contribution in [-0.4, -0.2) is 27.8 Å². The third-order valence-electron chi connectivity index (χ3n) is 6.80. The molecule has 6 nitrogen and oxygen atoms in total. The van der Waals surface area contributed by atoms with Crippen molar-refractivity contribution in [3.8, 4) is 5.75 Å². The monoisotopic (exact) mass is 537 g/mol. The number of imidazole rings is 1. The molecule has 0 fully saturated rings. The van der Waals surface area contributed by atoms with Gasteiger partial charge in [0, 0.05) is 52.7 Å². The van der Waals surface area contributed by atoms with Crippen LogP contribution in [0.25, 0.3) is 0 Å². The molecule has 0 aliphatic heterocycles. The Labute approximate surface area is 233 Å². The number of ketones is 1. The largest absolute Gasteiger partial charge is 0.484 e. The third kappa shape index (κ3) is 6.49. The molecule has 1 heterocycles. The summed E-state index contributed by atoms with van der Waals surface area (Å²) in [6.07, 6.45) is 9.21. The Morgan fingerprint density at radius 3 is 2.67 bits per heavy atom. The normalized spacial score (nSPS) is 13.4. The van der Waals surface area contributed by atoms with Crippen molar-refractivity contribution in [2.45, 2.75) is 42.6 Å². The number of thioether (sulfide) groups is 1. The van der Waals surface area contributed by atoms with Crippen LogP contribution in [-0.2, 0) is 18.7 Å². The molecule has 4 aromatic rings. The highest BCUT2D eigenvalue weighted by molar-refractivity contribution is 7.98. The van der Waals surface area contributed by atoms with Gasteiger partial charge in [0.2, 0.25) is 0 Å². The van der Waals surface area contributed by atoms with E-state index in [1.165, 1.54) is 0 Å². The Balaban J connectivity index is 1.42. The lowest BCUT2D eigenvalue weighted by molar-refractivity contribution is 0.0954. The fraction of sp³-hybridized carbons (Fsp3) is 0.219. The lowest BCUT2D eigenvalue weighted by Gasteiger charge is -2.25. The number of Topliss-reactive ketones (excluding diaryl/α,β-unsaturated/α-hetero) is 1. The third-order valence-corrected chi connectivity index (χ3v) is 7.84. The summed E-state index contributed by atoms with van der Waals surface area (Å²) in [5.41, 5.74) is 4.64. The highest BCUT2D eigenvalue weighted by atomic mass is 32.2. The molecule has 198 valence electrons. The molecule has 1 aromatic heterocycles. The lowest BCUT2D eigenvalue weighted by Crippen LogP contribution is -2.22. The number of carbonyl (C=O) groups is 2. The van der Waals surface area contributed by atoms with Gasteiger partial charge in [-0.25, -0.2) is 4.98 Å². The molecule has 0 radical (unpaired) electrons. The van der Waals surface area contributed by atoms with Crippen molar-refractivity contribution in [2.75, 3.05) is 6.54 Å². The molecule has 39 heavy (non-hydrogen) atoms. The summed E-state index contributed by atoms with van der Waals surface area (Å²) in [4.78, 5) is 30.2. The van der Waals surface area contributed by atoms with Crippen LogP contribution in [0.2, 0.25) is 0 Å². The van der Waals surface area contributed by atoms with Gasteiger partial charge in [-0.1, -0.05) is 36.4 Å². The first kappa shape index (κ1) is 26.5. The van der Waals surface area contributed by atoms with E-state index in [1.54, 1.807) is 30.4 Å². The number of hydrogen-bond acceptors (Lipinski definition) is 5. The van der Waals surface area contributed by atoms with Crippen molar-refractivity contribution in [3.63, 3.8) is 0 Å². The predicted octanol–water partition coefficient (Wildman–Crippen LogP) is 6.43. The maximum Gasteiger partial charge on any atom is 0.251 e. The molecule has 0 bridgehead atoms. The molecule has 5 rings (SSSR count). The first-order valence-electron chi connectivity index (χ1n) is 13.1. The number of carbonyl (C=O) groups excluding carboxylic acids is 2. The van der Waals surface area contributed by atoms with Crippen molar-refractivity contribution in [1.29, 1.82) is 0 Å². The summed E-state index contributed by atoms with van der Waals surface area (Å²) >= 11 is 1.67. The first-order chi connectivity index (χ1) is 19.1. The molecule has 0 unspecified atom stereocenters. The van der Waals surface area contributed by atoms with Crippen LogP contribution in [0.5, 0.6) is 5.75 Å². The molecule has 7 heteroatoms. The van der Waals surface area contributed by atoms with Gasteiger partial charge < -0.3 is 14.6 Å².